The number of rotatable bonds is 2. The Balaban J connectivity index is 3.27. The van der Waals surface area contributed by atoms with Crippen molar-refractivity contribution < 1.29 is 15.0 Å². The number of benzene rings is 1. The molecule has 0 aromatic heterocycles. The lowest BCUT2D eigenvalue weighted by Gasteiger charge is -2.11. The number of halogens is 2. The fourth-order valence-electron chi connectivity index (χ4n) is 1.10. The van der Waals surface area contributed by atoms with Crippen molar-refractivity contribution in [3.63, 3.8) is 0 Å². The molecule has 0 aliphatic carbocycles. The van der Waals surface area contributed by atoms with Crippen LogP contribution in [0.15, 0.2) is 16.6 Å². The molecule has 0 bridgehead atoms. The van der Waals surface area contributed by atoms with Gasteiger partial charge in [-0.05, 0) is 24.6 Å². The van der Waals surface area contributed by atoms with Gasteiger partial charge >= 0.3 is 5.97 Å². The van der Waals surface area contributed by atoms with Gasteiger partial charge in [0.1, 0.15) is 0 Å². The molecule has 0 saturated heterocycles. The van der Waals surface area contributed by atoms with Crippen LogP contribution in [0.5, 0.6) is 0 Å². The van der Waals surface area contributed by atoms with Gasteiger partial charge in [-0.25, -0.2) is 4.79 Å². The Kier molecular flexibility index (Phi) is 3.53. The summed E-state index contributed by atoms with van der Waals surface area (Å²) in [7, 11) is 0. The second-order valence-electron chi connectivity index (χ2n) is 2.88. The van der Waals surface area contributed by atoms with Crippen LogP contribution in [0.25, 0.3) is 0 Å². The lowest BCUT2D eigenvalue weighted by molar-refractivity contribution is -0.147. The maximum Gasteiger partial charge on any atom is 0.337 e. The second kappa shape index (κ2) is 4.29. The summed E-state index contributed by atoms with van der Waals surface area (Å²) >= 11 is 8.98. The predicted octanol–water partition coefficient (Wildman–Crippen LogP) is 2.53. The van der Waals surface area contributed by atoms with Crippen LogP contribution in [0.3, 0.4) is 0 Å². The van der Waals surface area contributed by atoms with Crippen molar-refractivity contribution in [1.29, 1.82) is 0 Å². The minimum Gasteiger partial charge on any atom is -0.479 e. The summed E-state index contributed by atoms with van der Waals surface area (Å²) in [5.41, 5.74) is 1.08. The number of aliphatic carboxylic acids is 1. The van der Waals surface area contributed by atoms with Crippen molar-refractivity contribution in [3.8, 4) is 0 Å². The first kappa shape index (κ1) is 11.5. The molecule has 0 amide bonds. The van der Waals surface area contributed by atoms with Gasteiger partial charge in [0.2, 0.25) is 0 Å². The monoisotopic (exact) mass is 278 g/mol. The molecule has 0 heterocycles. The number of carboxylic acid groups (broad SMARTS) is 1. The van der Waals surface area contributed by atoms with E-state index in [-0.39, 0.29) is 10.6 Å². The summed E-state index contributed by atoms with van der Waals surface area (Å²) < 4.78 is 0.498. The second-order valence-corrected chi connectivity index (χ2v) is 4.14. The van der Waals surface area contributed by atoms with Crippen LogP contribution in [0.2, 0.25) is 5.02 Å². The minimum atomic E-state index is -1.60. The lowest BCUT2D eigenvalue weighted by atomic mass is 10.1. The zero-order chi connectivity index (χ0) is 10.9. The van der Waals surface area contributed by atoms with Crippen molar-refractivity contribution in [1.82, 2.24) is 0 Å². The molecule has 0 fully saturated rings. The quantitative estimate of drug-likeness (QED) is 0.874. The number of aliphatic hydroxyl groups is 1. The van der Waals surface area contributed by atoms with Crippen LogP contribution < -0.4 is 0 Å². The zero-order valence-corrected chi connectivity index (χ0v) is 9.63. The van der Waals surface area contributed by atoms with E-state index in [9.17, 15) is 9.90 Å². The number of aryl methyl sites for hydroxylation is 1. The molecule has 0 aliphatic rings. The third kappa shape index (κ3) is 2.26. The van der Waals surface area contributed by atoms with Crippen molar-refractivity contribution in [3.05, 3.63) is 32.8 Å². The molecule has 1 rings (SSSR count). The van der Waals surface area contributed by atoms with Crippen LogP contribution >= 0.6 is 27.5 Å². The van der Waals surface area contributed by atoms with E-state index >= 15 is 0 Å². The Labute approximate surface area is 94.4 Å². The van der Waals surface area contributed by atoms with E-state index in [4.69, 9.17) is 16.7 Å². The summed E-state index contributed by atoms with van der Waals surface area (Å²) in [4.78, 5) is 10.6. The molecule has 1 aromatic rings. The lowest BCUT2D eigenvalue weighted by Crippen LogP contribution is -2.11. The fraction of sp³-hybridized carbons (Fsp3) is 0.222. The molecule has 1 unspecified atom stereocenters. The summed E-state index contributed by atoms with van der Waals surface area (Å²) in [6, 6.07) is 3.31. The summed E-state index contributed by atoms with van der Waals surface area (Å²) in [5.74, 6) is -1.32. The molecule has 1 atom stereocenters. The third-order valence-corrected chi connectivity index (χ3v) is 2.70. The van der Waals surface area contributed by atoms with Crippen LogP contribution in [0.4, 0.5) is 0 Å². The number of carbonyl (C=O) groups is 1. The third-order valence-electron chi connectivity index (χ3n) is 1.73. The zero-order valence-electron chi connectivity index (χ0n) is 7.29. The van der Waals surface area contributed by atoms with E-state index in [1.165, 1.54) is 0 Å². The minimum absolute atomic E-state index is 0.185. The van der Waals surface area contributed by atoms with Crippen LogP contribution in [0, 0.1) is 6.92 Å². The molecule has 3 nitrogen and oxygen atoms in total. The smallest absolute Gasteiger partial charge is 0.337 e. The van der Waals surface area contributed by atoms with E-state index in [2.05, 4.69) is 15.9 Å². The Hall–Kier alpha value is -0.580. The first-order valence-corrected chi connectivity index (χ1v) is 4.97. The van der Waals surface area contributed by atoms with Crippen LogP contribution in [-0.2, 0) is 4.79 Å². The normalized spacial score (nSPS) is 12.6. The van der Waals surface area contributed by atoms with Crippen molar-refractivity contribution in [2.75, 3.05) is 0 Å². The highest BCUT2D eigenvalue weighted by molar-refractivity contribution is 9.10. The van der Waals surface area contributed by atoms with E-state index in [0.29, 0.717) is 4.47 Å². The SMILES string of the molecule is Cc1cc(Cl)c(C(O)C(=O)O)c(Br)c1. The Morgan fingerprint density at radius 2 is 2.14 bits per heavy atom. The molecule has 1 aromatic carbocycles. The predicted molar refractivity (Wildman–Crippen MR) is 56.5 cm³/mol. The van der Waals surface area contributed by atoms with Gasteiger partial charge in [-0.3, -0.25) is 0 Å². The highest BCUT2D eigenvalue weighted by Gasteiger charge is 2.21. The molecule has 0 spiro atoms. The van der Waals surface area contributed by atoms with E-state index in [0.717, 1.165) is 5.56 Å². The first-order valence-electron chi connectivity index (χ1n) is 3.80. The molecule has 0 radical (unpaired) electrons. The van der Waals surface area contributed by atoms with E-state index < -0.39 is 12.1 Å². The largest absolute Gasteiger partial charge is 0.479 e. The molecule has 76 valence electrons. The number of hydrogen-bond donors (Lipinski definition) is 2. The Bertz CT molecular complexity index is 355. The fourth-order valence-corrected chi connectivity index (χ4v) is 2.38. The number of carboxylic acids is 1. The average Bonchev–Trinajstić information content (AvgIpc) is 2.01. The molecule has 2 N–H and O–H groups in total. The molecular weight excluding hydrogens is 271 g/mol. The maximum atomic E-state index is 10.6. The van der Waals surface area contributed by atoms with Gasteiger partial charge in [0.05, 0.1) is 0 Å². The van der Waals surface area contributed by atoms with Crippen LogP contribution in [-0.4, -0.2) is 16.2 Å². The van der Waals surface area contributed by atoms with Gasteiger partial charge in [-0.1, -0.05) is 27.5 Å². The van der Waals surface area contributed by atoms with Gasteiger partial charge in [-0.2, -0.15) is 0 Å². The van der Waals surface area contributed by atoms with Crippen molar-refractivity contribution in [2.24, 2.45) is 0 Å². The molecular formula is C9H8BrClO3. The summed E-state index contributed by atoms with van der Waals surface area (Å²) in [6.07, 6.45) is -1.60. The van der Waals surface area contributed by atoms with E-state index in [1.807, 2.05) is 6.92 Å². The van der Waals surface area contributed by atoms with Gasteiger partial charge in [0.25, 0.3) is 0 Å². The molecule has 0 aliphatic heterocycles. The van der Waals surface area contributed by atoms with Crippen molar-refractivity contribution in [2.45, 2.75) is 13.0 Å². The Morgan fingerprint density at radius 3 is 2.57 bits per heavy atom. The molecule has 5 heteroatoms. The van der Waals surface area contributed by atoms with Gasteiger partial charge < -0.3 is 10.2 Å². The maximum absolute atomic E-state index is 10.6. The van der Waals surface area contributed by atoms with Crippen molar-refractivity contribution >= 4 is 33.5 Å². The highest BCUT2D eigenvalue weighted by atomic mass is 79.9. The van der Waals surface area contributed by atoms with Gasteiger partial charge in [0.15, 0.2) is 6.10 Å². The van der Waals surface area contributed by atoms with E-state index in [1.54, 1.807) is 12.1 Å². The number of hydrogen-bond acceptors (Lipinski definition) is 2. The average molecular weight is 280 g/mol. The molecule has 0 saturated carbocycles. The summed E-state index contributed by atoms with van der Waals surface area (Å²) in [5, 5.41) is 18.2. The van der Waals surface area contributed by atoms with Crippen LogP contribution in [0.1, 0.15) is 17.2 Å². The Morgan fingerprint density at radius 1 is 1.57 bits per heavy atom. The number of aliphatic hydroxyl groups excluding tert-OH is 1. The highest BCUT2D eigenvalue weighted by Crippen LogP contribution is 2.32. The summed E-state index contributed by atoms with van der Waals surface area (Å²) in [6.45, 7) is 1.83. The van der Waals surface area contributed by atoms with Gasteiger partial charge in [0, 0.05) is 15.1 Å². The topological polar surface area (TPSA) is 57.5 Å². The standard InChI is InChI=1S/C9H8BrClO3/c1-4-2-5(10)7(6(11)3-4)8(12)9(13)14/h2-3,8,12H,1H3,(H,13,14). The first-order chi connectivity index (χ1) is 6.43. The molecule has 14 heavy (non-hydrogen) atoms. The van der Waals surface area contributed by atoms with Gasteiger partial charge in [-0.15, -0.1) is 0 Å².